The molecule has 0 bridgehead atoms. The van der Waals surface area contributed by atoms with Gasteiger partial charge in [0.15, 0.2) is 9.84 Å². The molecule has 33 heavy (non-hydrogen) atoms. The van der Waals surface area contributed by atoms with Gasteiger partial charge in [0.05, 0.1) is 5.41 Å². The van der Waals surface area contributed by atoms with Gasteiger partial charge in [-0.2, -0.15) is 4.98 Å². The zero-order chi connectivity index (χ0) is 23.5. The molecule has 1 saturated carbocycles. The Labute approximate surface area is 193 Å². The molecule has 0 radical (unpaired) electrons. The van der Waals surface area contributed by atoms with E-state index in [1.807, 2.05) is 36.4 Å². The van der Waals surface area contributed by atoms with Crippen LogP contribution in [0.2, 0.25) is 0 Å². The van der Waals surface area contributed by atoms with Gasteiger partial charge >= 0.3 is 0 Å². The molecule has 3 aromatic rings. The molecule has 0 saturated heterocycles. The van der Waals surface area contributed by atoms with Crippen molar-refractivity contribution in [2.24, 2.45) is 0 Å². The van der Waals surface area contributed by atoms with E-state index in [9.17, 15) is 13.2 Å². The zero-order valence-corrected chi connectivity index (χ0v) is 19.2. The Bertz CT molecular complexity index is 1270. The SMILES string of the molecule is C[C@@H](/C=C/S(C)(=O)=O)NC(=O)c1cnc(C2(c3ccccc3)CC2)nc1Oc1ccccc1. The second-order valence-corrected chi connectivity index (χ2v) is 10.1. The van der Waals surface area contributed by atoms with Crippen LogP contribution in [0.4, 0.5) is 0 Å². The van der Waals surface area contributed by atoms with Gasteiger partial charge in [0.1, 0.15) is 17.1 Å². The Morgan fingerprint density at radius 3 is 2.33 bits per heavy atom. The van der Waals surface area contributed by atoms with Crippen LogP contribution in [0.25, 0.3) is 0 Å². The predicted molar refractivity (Wildman–Crippen MR) is 126 cm³/mol. The van der Waals surface area contributed by atoms with E-state index in [-0.39, 0.29) is 16.9 Å². The number of carbonyl (C=O) groups excluding carboxylic acids is 1. The van der Waals surface area contributed by atoms with Gasteiger partial charge in [0, 0.05) is 23.9 Å². The third-order valence-corrected chi connectivity index (χ3v) is 6.09. The molecule has 0 aliphatic heterocycles. The summed E-state index contributed by atoms with van der Waals surface area (Å²) < 4.78 is 28.7. The molecule has 1 fully saturated rings. The summed E-state index contributed by atoms with van der Waals surface area (Å²) in [6.07, 6.45) is 5.82. The van der Waals surface area contributed by atoms with Crippen LogP contribution in [-0.2, 0) is 15.3 Å². The summed E-state index contributed by atoms with van der Waals surface area (Å²) in [7, 11) is -3.29. The Morgan fingerprint density at radius 2 is 1.73 bits per heavy atom. The summed E-state index contributed by atoms with van der Waals surface area (Å²) >= 11 is 0. The molecule has 1 heterocycles. The van der Waals surface area contributed by atoms with Crippen molar-refractivity contribution in [1.82, 2.24) is 15.3 Å². The second kappa shape index (κ2) is 9.15. The standard InChI is InChI=1S/C25H25N3O4S/c1-18(13-16-33(2,30)31)27-22(29)21-17-26-24(25(14-15-25)19-9-5-3-6-10-19)28-23(21)32-20-11-7-4-8-12-20/h3-13,16-18H,14-15H2,1-2H3,(H,27,29)/b16-13+/t18-/m0/s1. The van der Waals surface area contributed by atoms with Gasteiger partial charge in [0.25, 0.3) is 5.91 Å². The molecule has 1 aliphatic rings. The van der Waals surface area contributed by atoms with Crippen LogP contribution in [-0.4, -0.2) is 36.6 Å². The molecule has 170 valence electrons. The molecule has 0 unspecified atom stereocenters. The van der Waals surface area contributed by atoms with Crippen molar-refractivity contribution in [2.75, 3.05) is 6.26 Å². The molecule has 7 nitrogen and oxygen atoms in total. The Hall–Kier alpha value is -3.52. The molecule has 1 N–H and O–H groups in total. The lowest BCUT2D eigenvalue weighted by Crippen LogP contribution is -2.32. The summed E-state index contributed by atoms with van der Waals surface area (Å²) in [5, 5.41) is 3.82. The smallest absolute Gasteiger partial charge is 0.258 e. The minimum atomic E-state index is -3.29. The fourth-order valence-corrected chi connectivity index (χ4v) is 4.07. The molecule has 1 aliphatic carbocycles. The lowest BCUT2D eigenvalue weighted by Gasteiger charge is -2.17. The minimum Gasteiger partial charge on any atom is -0.438 e. The van der Waals surface area contributed by atoms with E-state index >= 15 is 0 Å². The van der Waals surface area contributed by atoms with Crippen molar-refractivity contribution in [3.8, 4) is 11.6 Å². The van der Waals surface area contributed by atoms with Crippen molar-refractivity contribution in [3.05, 3.63) is 95.3 Å². The maximum atomic E-state index is 13.0. The van der Waals surface area contributed by atoms with E-state index in [1.165, 1.54) is 12.3 Å². The second-order valence-electron chi connectivity index (χ2n) is 8.20. The molecule has 4 rings (SSSR count). The third-order valence-electron chi connectivity index (χ3n) is 5.43. The number of hydrogen-bond donors (Lipinski definition) is 1. The van der Waals surface area contributed by atoms with Crippen LogP contribution < -0.4 is 10.1 Å². The first-order valence-corrected chi connectivity index (χ1v) is 12.6. The van der Waals surface area contributed by atoms with Crippen molar-refractivity contribution in [3.63, 3.8) is 0 Å². The summed E-state index contributed by atoms with van der Waals surface area (Å²) in [4.78, 5) is 22.2. The number of nitrogens with zero attached hydrogens (tertiary/aromatic N) is 2. The average molecular weight is 464 g/mol. The fourth-order valence-electron chi connectivity index (χ4n) is 3.55. The third kappa shape index (κ3) is 5.46. The Balaban J connectivity index is 1.66. The quantitative estimate of drug-likeness (QED) is 0.542. The predicted octanol–water partition coefficient (Wildman–Crippen LogP) is 4.03. The van der Waals surface area contributed by atoms with E-state index in [0.717, 1.165) is 30.1 Å². The highest BCUT2D eigenvalue weighted by molar-refractivity contribution is 7.93. The molecular weight excluding hydrogens is 438 g/mol. The Kier molecular flexibility index (Phi) is 6.29. The van der Waals surface area contributed by atoms with Crippen LogP contribution in [0.1, 0.15) is 41.5 Å². The highest BCUT2D eigenvalue weighted by Gasteiger charge is 2.49. The minimum absolute atomic E-state index is 0.158. The number of ether oxygens (including phenoxy) is 1. The number of rotatable bonds is 8. The number of aromatic nitrogens is 2. The Morgan fingerprint density at radius 1 is 1.09 bits per heavy atom. The first kappa shape index (κ1) is 22.7. The van der Waals surface area contributed by atoms with Crippen LogP contribution in [0.15, 0.2) is 78.3 Å². The largest absolute Gasteiger partial charge is 0.438 e. The van der Waals surface area contributed by atoms with Crippen molar-refractivity contribution < 1.29 is 17.9 Å². The van der Waals surface area contributed by atoms with E-state index in [1.54, 1.807) is 19.1 Å². The maximum absolute atomic E-state index is 13.0. The molecule has 8 heteroatoms. The number of hydrogen-bond acceptors (Lipinski definition) is 6. The van der Waals surface area contributed by atoms with E-state index < -0.39 is 21.8 Å². The van der Waals surface area contributed by atoms with Crippen molar-refractivity contribution >= 4 is 15.7 Å². The number of benzene rings is 2. The summed E-state index contributed by atoms with van der Waals surface area (Å²) in [6, 6.07) is 18.7. The lowest BCUT2D eigenvalue weighted by molar-refractivity contribution is 0.0943. The van der Waals surface area contributed by atoms with Crippen LogP contribution in [0.3, 0.4) is 0 Å². The van der Waals surface area contributed by atoms with Gasteiger partial charge in [-0.25, -0.2) is 13.4 Å². The maximum Gasteiger partial charge on any atom is 0.258 e. The lowest BCUT2D eigenvalue weighted by atomic mass is 9.95. The molecule has 0 spiro atoms. The first-order chi connectivity index (χ1) is 15.8. The highest BCUT2D eigenvalue weighted by atomic mass is 32.2. The molecule has 2 aromatic carbocycles. The summed E-state index contributed by atoms with van der Waals surface area (Å²) in [6.45, 7) is 1.68. The first-order valence-electron chi connectivity index (χ1n) is 10.6. The summed E-state index contributed by atoms with van der Waals surface area (Å²) in [5.74, 6) is 0.861. The number of nitrogens with one attached hydrogen (secondary N) is 1. The van der Waals surface area contributed by atoms with Gasteiger partial charge in [-0.05, 0) is 37.5 Å². The van der Waals surface area contributed by atoms with Gasteiger partial charge in [-0.15, -0.1) is 0 Å². The van der Waals surface area contributed by atoms with E-state index in [0.29, 0.717) is 11.6 Å². The molecule has 1 amide bonds. The van der Waals surface area contributed by atoms with Gasteiger partial charge in [-0.1, -0.05) is 54.6 Å². The van der Waals surface area contributed by atoms with E-state index in [2.05, 4.69) is 27.4 Å². The van der Waals surface area contributed by atoms with E-state index in [4.69, 9.17) is 4.74 Å². The zero-order valence-electron chi connectivity index (χ0n) is 18.4. The van der Waals surface area contributed by atoms with Gasteiger partial charge in [-0.3, -0.25) is 4.79 Å². The normalized spacial score (nSPS) is 15.7. The number of amides is 1. The summed E-state index contributed by atoms with van der Waals surface area (Å²) in [5.41, 5.74) is 1.02. The van der Waals surface area contributed by atoms with Crippen molar-refractivity contribution in [1.29, 1.82) is 0 Å². The molecular formula is C25H25N3O4S. The van der Waals surface area contributed by atoms with Gasteiger partial charge < -0.3 is 10.1 Å². The van der Waals surface area contributed by atoms with Crippen LogP contribution >= 0.6 is 0 Å². The number of sulfone groups is 1. The van der Waals surface area contributed by atoms with Crippen molar-refractivity contribution in [2.45, 2.75) is 31.2 Å². The van der Waals surface area contributed by atoms with Gasteiger partial charge in [0.2, 0.25) is 5.88 Å². The average Bonchev–Trinajstić information content (AvgIpc) is 3.61. The van der Waals surface area contributed by atoms with Crippen LogP contribution in [0, 0.1) is 0 Å². The number of para-hydroxylation sites is 1. The monoisotopic (exact) mass is 463 g/mol. The number of carbonyl (C=O) groups is 1. The highest BCUT2D eigenvalue weighted by Crippen LogP contribution is 2.52. The fraction of sp³-hybridized carbons (Fsp3) is 0.240. The molecule has 1 aromatic heterocycles. The van der Waals surface area contributed by atoms with Crippen LogP contribution in [0.5, 0.6) is 11.6 Å². The molecule has 1 atom stereocenters. The topological polar surface area (TPSA) is 98.2 Å².